The molecule has 1 N–H and O–H groups in total. The van der Waals surface area contributed by atoms with E-state index in [1.165, 1.54) is 19.5 Å². The first-order valence-electron chi connectivity index (χ1n) is 3.83. The molecule has 0 aromatic carbocycles. The van der Waals surface area contributed by atoms with Crippen LogP contribution in [-0.2, 0) is 0 Å². The monoisotopic (exact) mass is 193 g/mol. The second-order valence-corrected chi connectivity index (χ2v) is 2.62. The molecule has 6 heteroatoms. The van der Waals surface area contributed by atoms with Crippen molar-refractivity contribution in [1.29, 1.82) is 0 Å². The Bertz CT molecular complexity index is 492. The van der Waals surface area contributed by atoms with Gasteiger partial charge in [-0.25, -0.2) is 9.78 Å². The lowest BCUT2D eigenvalue weighted by Gasteiger charge is -1.99. The highest BCUT2D eigenvalue weighted by molar-refractivity contribution is 5.84. The summed E-state index contributed by atoms with van der Waals surface area (Å²) in [5.41, 5.74) is 0.935. The maximum absolute atomic E-state index is 10.7. The molecule has 0 radical (unpaired) electrons. The van der Waals surface area contributed by atoms with Crippen LogP contribution in [0, 0.1) is 0 Å². The fraction of sp³-hybridized carbons (Fsp3) is 0.125. The van der Waals surface area contributed by atoms with Gasteiger partial charge in [-0.1, -0.05) is 0 Å². The maximum atomic E-state index is 10.7. The molecule has 0 saturated carbocycles. The molecule has 2 heterocycles. The number of aromatic nitrogens is 3. The highest BCUT2D eigenvalue weighted by Gasteiger charge is 2.09. The van der Waals surface area contributed by atoms with Crippen molar-refractivity contribution in [3.05, 3.63) is 18.5 Å². The van der Waals surface area contributed by atoms with Crippen LogP contribution in [0.3, 0.4) is 0 Å². The lowest BCUT2D eigenvalue weighted by Crippen LogP contribution is -2.09. The molecule has 0 bridgehead atoms. The summed E-state index contributed by atoms with van der Waals surface area (Å²) >= 11 is 0. The van der Waals surface area contributed by atoms with Crippen LogP contribution in [0.1, 0.15) is 0 Å². The maximum Gasteiger partial charge on any atom is 0.432 e. The molecule has 6 nitrogen and oxygen atoms in total. The minimum Gasteiger partial charge on any atom is -0.495 e. The van der Waals surface area contributed by atoms with Crippen molar-refractivity contribution in [3.63, 3.8) is 0 Å². The summed E-state index contributed by atoms with van der Waals surface area (Å²) < 4.78 is 5.78. The molecular weight excluding hydrogens is 186 g/mol. The highest BCUT2D eigenvalue weighted by Crippen LogP contribution is 2.17. The molecule has 14 heavy (non-hydrogen) atoms. The minimum absolute atomic E-state index is 0.414. The minimum atomic E-state index is -1.14. The first-order chi connectivity index (χ1) is 6.72. The van der Waals surface area contributed by atoms with Crippen LogP contribution < -0.4 is 4.74 Å². The van der Waals surface area contributed by atoms with Gasteiger partial charge in [0.1, 0.15) is 16.8 Å². The van der Waals surface area contributed by atoms with Crippen molar-refractivity contribution < 1.29 is 14.6 Å². The summed E-state index contributed by atoms with van der Waals surface area (Å²) in [6.45, 7) is 0. The van der Waals surface area contributed by atoms with E-state index in [1.807, 2.05) is 0 Å². The Kier molecular flexibility index (Phi) is 1.81. The van der Waals surface area contributed by atoms with Crippen LogP contribution in [-0.4, -0.2) is 33.1 Å². The fourth-order valence-corrected chi connectivity index (χ4v) is 1.15. The molecule has 0 aliphatic carbocycles. The molecule has 2 aromatic heterocycles. The molecule has 0 spiro atoms. The summed E-state index contributed by atoms with van der Waals surface area (Å²) in [5, 5.41) is 12.4. The van der Waals surface area contributed by atoms with Crippen LogP contribution in [0.2, 0.25) is 0 Å². The van der Waals surface area contributed by atoms with Crippen LogP contribution >= 0.6 is 0 Å². The Morgan fingerprint density at radius 3 is 3.00 bits per heavy atom. The zero-order valence-corrected chi connectivity index (χ0v) is 7.34. The van der Waals surface area contributed by atoms with E-state index in [0.717, 1.165) is 4.68 Å². The van der Waals surface area contributed by atoms with E-state index in [1.54, 1.807) is 6.07 Å². The number of hydrogen-bond donors (Lipinski definition) is 1. The summed E-state index contributed by atoms with van der Waals surface area (Å²) in [6.07, 6.45) is 1.76. The van der Waals surface area contributed by atoms with Crippen molar-refractivity contribution in [1.82, 2.24) is 14.8 Å². The van der Waals surface area contributed by atoms with Gasteiger partial charge in [-0.15, -0.1) is 0 Å². The molecule has 0 amide bonds. The number of fused-ring (bicyclic) bond motifs is 1. The van der Waals surface area contributed by atoms with E-state index in [-0.39, 0.29) is 0 Å². The molecule has 0 saturated heterocycles. The van der Waals surface area contributed by atoms with Gasteiger partial charge < -0.3 is 9.84 Å². The van der Waals surface area contributed by atoms with E-state index >= 15 is 0 Å². The molecule has 0 aliphatic heterocycles. The number of nitrogens with zero attached hydrogens (tertiary/aromatic N) is 3. The topological polar surface area (TPSA) is 77.2 Å². The third-order valence-corrected chi connectivity index (χ3v) is 1.81. The van der Waals surface area contributed by atoms with Crippen LogP contribution in [0.25, 0.3) is 11.0 Å². The van der Waals surface area contributed by atoms with E-state index in [9.17, 15) is 4.79 Å². The summed E-state index contributed by atoms with van der Waals surface area (Å²) in [4.78, 5) is 14.7. The van der Waals surface area contributed by atoms with E-state index < -0.39 is 6.09 Å². The number of hydrogen-bond acceptors (Lipinski definition) is 4. The number of carbonyl (C=O) groups is 1. The molecule has 0 atom stereocenters. The average molecular weight is 193 g/mol. The lowest BCUT2D eigenvalue weighted by molar-refractivity contribution is 0.194. The highest BCUT2D eigenvalue weighted by atomic mass is 16.5. The zero-order chi connectivity index (χ0) is 10.1. The van der Waals surface area contributed by atoms with Crippen molar-refractivity contribution >= 4 is 17.1 Å². The number of ether oxygens (including phenoxy) is 1. The fourth-order valence-electron chi connectivity index (χ4n) is 1.15. The van der Waals surface area contributed by atoms with Gasteiger partial charge in [0.05, 0.1) is 19.5 Å². The third-order valence-electron chi connectivity index (χ3n) is 1.81. The summed E-state index contributed by atoms with van der Waals surface area (Å²) in [7, 11) is 1.49. The van der Waals surface area contributed by atoms with Crippen LogP contribution in [0.5, 0.6) is 5.75 Å². The van der Waals surface area contributed by atoms with Crippen LogP contribution in [0.15, 0.2) is 18.5 Å². The predicted octanol–water partition coefficient (Wildman–Crippen LogP) is 0.966. The van der Waals surface area contributed by atoms with Crippen molar-refractivity contribution in [2.75, 3.05) is 7.11 Å². The quantitative estimate of drug-likeness (QED) is 0.730. The van der Waals surface area contributed by atoms with Gasteiger partial charge >= 0.3 is 6.09 Å². The Labute approximate surface area is 78.7 Å². The lowest BCUT2D eigenvalue weighted by atomic mass is 10.4. The van der Waals surface area contributed by atoms with Crippen molar-refractivity contribution in [2.45, 2.75) is 0 Å². The molecule has 72 valence electrons. The van der Waals surface area contributed by atoms with Gasteiger partial charge in [-0.3, -0.25) is 0 Å². The number of rotatable bonds is 1. The Morgan fingerprint density at radius 1 is 1.57 bits per heavy atom. The van der Waals surface area contributed by atoms with E-state index in [0.29, 0.717) is 16.8 Å². The average Bonchev–Trinajstić information content (AvgIpc) is 2.59. The number of methoxy groups -OCH3 is 1. The second-order valence-electron chi connectivity index (χ2n) is 2.62. The molecule has 2 aromatic rings. The third kappa shape index (κ3) is 1.17. The molecule has 0 fully saturated rings. The molecule has 0 aliphatic rings. The zero-order valence-electron chi connectivity index (χ0n) is 7.34. The number of carboxylic acid groups (broad SMARTS) is 1. The molecular formula is C8H7N3O3. The van der Waals surface area contributed by atoms with Gasteiger partial charge in [0, 0.05) is 6.07 Å². The molecule has 2 rings (SSSR count). The van der Waals surface area contributed by atoms with Crippen molar-refractivity contribution in [2.24, 2.45) is 0 Å². The Morgan fingerprint density at radius 2 is 2.36 bits per heavy atom. The molecule has 0 unspecified atom stereocenters. The van der Waals surface area contributed by atoms with Crippen molar-refractivity contribution in [3.8, 4) is 5.75 Å². The second kappa shape index (κ2) is 2.99. The van der Waals surface area contributed by atoms with E-state index in [4.69, 9.17) is 9.84 Å². The van der Waals surface area contributed by atoms with Gasteiger partial charge in [-0.05, 0) is 0 Å². The first-order valence-corrected chi connectivity index (χ1v) is 3.83. The SMILES string of the molecule is COc1cnc2cnn(C(=O)O)c2c1. The first kappa shape index (κ1) is 8.49. The Hall–Kier alpha value is -2.11. The summed E-state index contributed by atoms with van der Waals surface area (Å²) in [6, 6.07) is 1.57. The van der Waals surface area contributed by atoms with Crippen LogP contribution in [0.4, 0.5) is 4.79 Å². The van der Waals surface area contributed by atoms with E-state index in [2.05, 4.69) is 10.1 Å². The van der Waals surface area contributed by atoms with Gasteiger partial charge in [0.15, 0.2) is 0 Å². The smallest absolute Gasteiger partial charge is 0.432 e. The van der Waals surface area contributed by atoms with Gasteiger partial charge in [-0.2, -0.15) is 9.78 Å². The van der Waals surface area contributed by atoms with Gasteiger partial charge in [0.2, 0.25) is 0 Å². The largest absolute Gasteiger partial charge is 0.495 e. The normalized spacial score (nSPS) is 10.4. The predicted molar refractivity (Wildman–Crippen MR) is 47.5 cm³/mol. The van der Waals surface area contributed by atoms with Gasteiger partial charge in [0.25, 0.3) is 0 Å². The summed E-state index contributed by atoms with van der Waals surface area (Å²) in [5.74, 6) is 0.500. The standard InChI is InChI=1S/C8H7N3O3/c1-14-5-2-7-6(9-3-5)4-10-11(7)8(12)13/h2-4H,1H3,(H,12,13). The Balaban J connectivity index is 2.69. The number of pyridine rings is 1.